The first-order valence-electron chi connectivity index (χ1n) is 4.45. The summed E-state index contributed by atoms with van der Waals surface area (Å²) < 4.78 is 0. The average Bonchev–Trinajstić information content (AvgIpc) is 2.75. The Balaban J connectivity index is 2.69. The Morgan fingerprint density at radius 3 is 2.40 bits per heavy atom. The van der Waals surface area contributed by atoms with Gasteiger partial charge in [0.15, 0.2) is 0 Å². The zero-order chi connectivity index (χ0) is 10.4. The predicted octanol–water partition coefficient (Wildman–Crippen LogP) is 0.492. The molecular formula is C11H5N2O2-3. The third-order valence-electron chi connectivity index (χ3n) is 2.44. The van der Waals surface area contributed by atoms with E-state index in [1.54, 1.807) is 24.3 Å². The molecular weight excluding hydrogens is 192 g/mol. The van der Waals surface area contributed by atoms with E-state index in [2.05, 4.69) is 9.97 Å². The van der Waals surface area contributed by atoms with Crippen LogP contribution in [0.3, 0.4) is 0 Å². The van der Waals surface area contributed by atoms with E-state index in [4.69, 9.17) is 0 Å². The number of rotatable bonds is 0. The van der Waals surface area contributed by atoms with Crippen molar-refractivity contribution in [3.8, 4) is 11.5 Å². The molecule has 0 aliphatic carbocycles. The SMILES string of the molecule is [O-]c1c2ccccc2c([O-])c2[n-]cnc12. The minimum atomic E-state index is -0.224. The van der Waals surface area contributed by atoms with Crippen molar-refractivity contribution in [3.63, 3.8) is 0 Å². The third kappa shape index (κ3) is 0.929. The molecule has 0 saturated heterocycles. The highest BCUT2D eigenvalue weighted by molar-refractivity contribution is 6.06. The van der Waals surface area contributed by atoms with Gasteiger partial charge in [-0.2, -0.15) is 0 Å². The highest BCUT2D eigenvalue weighted by atomic mass is 16.3. The van der Waals surface area contributed by atoms with Crippen LogP contribution in [0.1, 0.15) is 0 Å². The Morgan fingerprint density at radius 2 is 1.67 bits per heavy atom. The molecule has 3 rings (SSSR count). The van der Waals surface area contributed by atoms with Gasteiger partial charge < -0.3 is 20.2 Å². The smallest absolute Gasteiger partial charge is 0.0267 e. The summed E-state index contributed by atoms with van der Waals surface area (Å²) in [7, 11) is 0. The maximum Gasteiger partial charge on any atom is -0.0267 e. The van der Waals surface area contributed by atoms with Crippen molar-refractivity contribution < 1.29 is 10.2 Å². The first-order valence-corrected chi connectivity index (χ1v) is 4.45. The molecule has 4 nitrogen and oxygen atoms in total. The van der Waals surface area contributed by atoms with Crippen molar-refractivity contribution in [1.82, 2.24) is 9.97 Å². The van der Waals surface area contributed by atoms with Crippen molar-refractivity contribution in [2.24, 2.45) is 0 Å². The Morgan fingerprint density at radius 1 is 1.00 bits per heavy atom. The van der Waals surface area contributed by atoms with Gasteiger partial charge in [-0.1, -0.05) is 42.1 Å². The van der Waals surface area contributed by atoms with Crippen LogP contribution in [-0.2, 0) is 0 Å². The quantitative estimate of drug-likeness (QED) is 0.525. The molecule has 0 aliphatic rings. The Kier molecular flexibility index (Phi) is 1.42. The lowest BCUT2D eigenvalue weighted by Crippen LogP contribution is -1.98. The van der Waals surface area contributed by atoms with Crippen molar-refractivity contribution in [3.05, 3.63) is 30.6 Å². The number of nitrogens with zero attached hydrogens (tertiary/aromatic N) is 2. The number of benzene rings is 2. The van der Waals surface area contributed by atoms with Crippen LogP contribution in [0.4, 0.5) is 0 Å². The third-order valence-corrected chi connectivity index (χ3v) is 2.44. The van der Waals surface area contributed by atoms with Crippen molar-refractivity contribution in [1.29, 1.82) is 0 Å². The molecule has 0 aliphatic heterocycles. The second-order valence-corrected chi connectivity index (χ2v) is 3.27. The molecule has 0 bridgehead atoms. The molecule has 2 aromatic carbocycles. The van der Waals surface area contributed by atoms with Crippen LogP contribution in [-0.4, -0.2) is 4.98 Å². The summed E-state index contributed by atoms with van der Waals surface area (Å²) in [5.41, 5.74) is 0.331. The fourth-order valence-electron chi connectivity index (χ4n) is 1.73. The first-order chi connectivity index (χ1) is 7.29. The number of fused-ring (bicyclic) bond motifs is 2. The summed E-state index contributed by atoms with van der Waals surface area (Å²) in [4.78, 5) is 7.61. The topological polar surface area (TPSA) is 73.1 Å². The molecule has 0 radical (unpaired) electrons. The second-order valence-electron chi connectivity index (χ2n) is 3.27. The normalized spacial score (nSPS) is 11.2. The Hall–Kier alpha value is -2.23. The zero-order valence-corrected chi connectivity index (χ0v) is 7.60. The summed E-state index contributed by atoms with van der Waals surface area (Å²) in [5.74, 6) is -0.449. The van der Waals surface area contributed by atoms with Crippen LogP contribution in [0.5, 0.6) is 11.5 Å². The molecule has 0 saturated carbocycles. The van der Waals surface area contributed by atoms with E-state index in [-0.39, 0.29) is 22.5 Å². The highest BCUT2D eigenvalue weighted by Gasteiger charge is 1.98. The van der Waals surface area contributed by atoms with Crippen LogP contribution in [0.25, 0.3) is 21.8 Å². The predicted molar refractivity (Wildman–Crippen MR) is 51.5 cm³/mol. The van der Waals surface area contributed by atoms with Gasteiger partial charge >= 0.3 is 0 Å². The van der Waals surface area contributed by atoms with Crippen LogP contribution in [0, 0.1) is 0 Å². The molecule has 15 heavy (non-hydrogen) atoms. The van der Waals surface area contributed by atoms with E-state index in [9.17, 15) is 10.2 Å². The summed E-state index contributed by atoms with van der Waals surface area (Å²) in [6, 6.07) is 6.72. The summed E-state index contributed by atoms with van der Waals surface area (Å²) in [6.07, 6.45) is 1.24. The van der Waals surface area contributed by atoms with Crippen molar-refractivity contribution >= 4 is 21.8 Å². The lowest BCUT2D eigenvalue weighted by atomic mass is 10.1. The van der Waals surface area contributed by atoms with Gasteiger partial charge in [0.25, 0.3) is 0 Å². The average molecular weight is 197 g/mol. The van der Waals surface area contributed by atoms with Crippen molar-refractivity contribution in [2.45, 2.75) is 0 Å². The molecule has 3 aromatic rings. The van der Waals surface area contributed by atoms with E-state index in [0.29, 0.717) is 10.8 Å². The fourth-order valence-corrected chi connectivity index (χ4v) is 1.73. The van der Waals surface area contributed by atoms with Crippen LogP contribution >= 0.6 is 0 Å². The van der Waals surface area contributed by atoms with E-state index < -0.39 is 0 Å². The minimum absolute atomic E-state index is 0.165. The van der Waals surface area contributed by atoms with Crippen LogP contribution in [0.15, 0.2) is 30.6 Å². The second kappa shape index (κ2) is 2.63. The molecule has 1 aromatic heterocycles. The molecule has 1 heterocycles. The van der Waals surface area contributed by atoms with Gasteiger partial charge in [0.1, 0.15) is 0 Å². The van der Waals surface area contributed by atoms with E-state index in [0.717, 1.165) is 0 Å². The summed E-state index contributed by atoms with van der Waals surface area (Å²) >= 11 is 0. The van der Waals surface area contributed by atoms with Gasteiger partial charge in [0.05, 0.1) is 0 Å². The zero-order valence-electron chi connectivity index (χ0n) is 7.60. The van der Waals surface area contributed by atoms with E-state index >= 15 is 0 Å². The number of imidazole rings is 1. The van der Waals surface area contributed by atoms with Gasteiger partial charge in [0, 0.05) is 0 Å². The standard InChI is InChI=1S/C11H7N2O2/c14-10-6-3-1-2-4-7(6)11(15)9-8(10)12-5-13-9/h1-5H,(H2-,12,13,14,15)/q-1/p-2. The highest BCUT2D eigenvalue weighted by Crippen LogP contribution is 2.35. The molecule has 0 amide bonds. The Labute approximate surface area is 84.8 Å². The molecule has 0 atom stereocenters. The molecule has 0 fully saturated rings. The van der Waals surface area contributed by atoms with E-state index in [1.807, 2.05) is 0 Å². The molecule has 74 valence electrons. The van der Waals surface area contributed by atoms with Gasteiger partial charge in [-0.05, 0) is 21.8 Å². The fraction of sp³-hybridized carbons (Fsp3) is 0. The number of hydrogen-bond acceptors (Lipinski definition) is 3. The largest absolute Gasteiger partial charge is 0.872 e. The lowest BCUT2D eigenvalue weighted by molar-refractivity contribution is -0.267. The first kappa shape index (κ1) is 8.11. The summed E-state index contributed by atoms with van der Waals surface area (Å²) in [5, 5.41) is 24.5. The van der Waals surface area contributed by atoms with E-state index in [1.165, 1.54) is 6.33 Å². The number of hydrogen-bond donors (Lipinski definition) is 0. The molecule has 0 unspecified atom stereocenters. The van der Waals surface area contributed by atoms with Gasteiger partial charge in [-0.3, -0.25) is 0 Å². The minimum Gasteiger partial charge on any atom is -0.872 e. The summed E-state index contributed by atoms with van der Waals surface area (Å²) in [6.45, 7) is 0. The molecule has 0 spiro atoms. The van der Waals surface area contributed by atoms with Crippen LogP contribution < -0.4 is 15.2 Å². The van der Waals surface area contributed by atoms with Gasteiger partial charge in [-0.15, -0.1) is 0 Å². The van der Waals surface area contributed by atoms with Crippen molar-refractivity contribution in [2.75, 3.05) is 0 Å². The van der Waals surface area contributed by atoms with Gasteiger partial charge in [0.2, 0.25) is 0 Å². The maximum atomic E-state index is 11.9. The maximum absolute atomic E-state index is 11.9. The molecule has 0 N–H and O–H groups in total. The monoisotopic (exact) mass is 197 g/mol. The number of aromatic nitrogens is 2. The Bertz CT molecular complexity index is 603. The lowest BCUT2D eigenvalue weighted by Gasteiger charge is -2.21. The van der Waals surface area contributed by atoms with Crippen LogP contribution in [0.2, 0.25) is 0 Å². The van der Waals surface area contributed by atoms with Gasteiger partial charge in [-0.25, -0.2) is 0 Å². The molecule has 4 heteroatoms.